The van der Waals surface area contributed by atoms with Gasteiger partial charge in [-0.2, -0.15) is 0 Å². The molecule has 2 unspecified atom stereocenters. The van der Waals surface area contributed by atoms with Crippen LogP contribution in [0.5, 0.6) is 5.75 Å². The van der Waals surface area contributed by atoms with E-state index in [0.717, 1.165) is 24.9 Å². The number of phenols is 1. The Balaban J connectivity index is 1.80. The lowest BCUT2D eigenvalue weighted by atomic mass is 10.2. The number of hydrogen-bond donors (Lipinski definition) is 3. The van der Waals surface area contributed by atoms with Gasteiger partial charge in [0.2, 0.25) is 0 Å². The fourth-order valence-electron chi connectivity index (χ4n) is 2.55. The third-order valence-electron chi connectivity index (χ3n) is 3.37. The Bertz CT molecular complexity index is 497. The van der Waals surface area contributed by atoms with Crippen LogP contribution in [0.25, 0.3) is 0 Å². The van der Waals surface area contributed by atoms with Crippen LogP contribution in [0.2, 0.25) is 0 Å². The molecule has 1 aromatic rings. The van der Waals surface area contributed by atoms with E-state index in [1.54, 1.807) is 12.1 Å². The van der Waals surface area contributed by atoms with Crippen molar-refractivity contribution in [1.82, 2.24) is 5.32 Å². The van der Waals surface area contributed by atoms with Crippen molar-refractivity contribution in [3.63, 3.8) is 0 Å². The number of phenolic OH excluding ortho intramolecular Hbond substituents is 1. The van der Waals surface area contributed by atoms with E-state index in [0.29, 0.717) is 6.04 Å². The normalized spacial score (nSPS) is 21.9. The summed E-state index contributed by atoms with van der Waals surface area (Å²) >= 11 is 0. The van der Waals surface area contributed by atoms with Crippen molar-refractivity contribution in [2.75, 3.05) is 5.32 Å². The SMILES string of the molecule is CC(C)(C)OC(=O)NC1CCC(Nc2cccc(O)c2)C1. The van der Waals surface area contributed by atoms with Gasteiger partial charge < -0.3 is 20.5 Å². The first-order valence-corrected chi connectivity index (χ1v) is 7.37. The Morgan fingerprint density at radius 3 is 2.67 bits per heavy atom. The zero-order valence-corrected chi connectivity index (χ0v) is 12.8. The molecule has 21 heavy (non-hydrogen) atoms. The second-order valence-corrected chi connectivity index (χ2v) is 6.55. The molecule has 1 aliphatic rings. The number of carbonyl (C=O) groups is 1. The maximum absolute atomic E-state index is 11.7. The first kappa shape index (κ1) is 15.5. The van der Waals surface area contributed by atoms with Crippen LogP contribution in [0, 0.1) is 0 Å². The summed E-state index contributed by atoms with van der Waals surface area (Å²) < 4.78 is 5.27. The first-order chi connectivity index (χ1) is 9.82. The first-order valence-electron chi connectivity index (χ1n) is 7.37. The number of carbonyl (C=O) groups excluding carboxylic acids is 1. The Hall–Kier alpha value is -1.91. The molecule has 0 bridgehead atoms. The van der Waals surface area contributed by atoms with E-state index >= 15 is 0 Å². The molecule has 5 nitrogen and oxygen atoms in total. The summed E-state index contributed by atoms with van der Waals surface area (Å²) in [6, 6.07) is 7.51. The smallest absolute Gasteiger partial charge is 0.407 e. The fraction of sp³-hybridized carbons (Fsp3) is 0.562. The van der Waals surface area contributed by atoms with E-state index in [2.05, 4.69) is 10.6 Å². The lowest BCUT2D eigenvalue weighted by Gasteiger charge is -2.22. The van der Waals surface area contributed by atoms with E-state index in [1.807, 2.05) is 32.9 Å². The molecule has 1 aromatic carbocycles. The van der Waals surface area contributed by atoms with Crippen LogP contribution in [-0.4, -0.2) is 28.9 Å². The Morgan fingerprint density at radius 1 is 1.29 bits per heavy atom. The van der Waals surface area contributed by atoms with Crippen LogP contribution in [-0.2, 0) is 4.74 Å². The van der Waals surface area contributed by atoms with Gasteiger partial charge in [0, 0.05) is 23.8 Å². The van der Waals surface area contributed by atoms with Gasteiger partial charge >= 0.3 is 6.09 Å². The number of amides is 1. The van der Waals surface area contributed by atoms with Crippen molar-refractivity contribution >= 4 is 11.8 Å². The minimum atomic E-state index is -0.470. The van der Waals surface area contributed by atoms with E-state index in [-0.39, 0.29) is 17.9 Å². The molecule has 1 fully saturated rings. The molecule has 1 amide bonds. The molecule has 0 radical (unpaired) electrons. The van der Waals surface area contributed by atoms with Crippen LogP contribution in [0.1, 0.15) is 40.0 Å². The average molecular weight is 292 g/mol. The molecule has 0 aromatic heterocycles. The highest BCUT2D eigenvalue weighted by atomic mass is 16.6. The molecule has 3 N–H and O–H groups in total. The lowest BCUT2D eigenvalue weighted by molar-refractivity contribution is 0.0505. The molecule has 0 saturated heterocycles. The molecular formula is C16H24N2O3. The molecule has 5 heteroatoms. The van der Waals surface area contributed by atoms with E-state index in [4.69, 9.17) is 4.74 Å². The highest BCUT2D eigenvalue weighted by molar-refractivity contribution is 5.68. The van der Waals surface area contributed by atoms with E-state index in [9.17, 15) is 9.90 Å². The number of hydrogen-bond acceptors (Lipinski definition) is 4. The van der Waals surface area contributed by atoms with Crippen molar-refractivity contribution in [2.45, 2.75) is 57.7 Å². The van der Waals surface area contributed by atoms with E-state index in [1.165, 1.54) is 0 Å². The standard InChI is InChI=1S/C16H24N2O3/c1-16(2,3)21-15(20)18-13-8-7-12(9-13)17-11-5-4-6-14(19)10-11/h4-6,10,12-13,17,19H,7-9H2,1-3H3,(H,18,20). The topological polar surface area (TPSA) is 70.6 Å². The second-order valence-electron chi connectivity index (χ2n) is 6.55. The van der Waals surface area contributed by atoms with Crippen molar-refractivity contribution in [3.05, 3.63) is 24.3 Å². The van der Waals surface area contributed by atoms with Gasteiger partial charge in [-0.05, 0) is 52.2 Å². The molecule has 2 atom stereocenters. The van der Waals surface area contributed by atoms with E-state index < -0.39 is 5.60 Å². The summed E-state index contributed by atoms with van der Waals surface area (Å²) in [5.74, 6) is 0.251. The summed E-state index contributed by atoms with van der Waals surface area (Å²) in [7, 11) is 0. The van der Waals surface area contributed by atoms with Crippen molar-refractivity contribution in [3.8, 4) is 5.75 Å². The number of alkyl carbamates (subject to hydrolysis) is 1. The third-order valence-corrected chi connectivity index (χ3v) is 3.37. The quantitative estimate of drug-likeness (QED) is 0.800. The molecule has 0 heterocycles. The van der Waals surface area contributed by atoms with Gasteiger partial charge in [0.1, 0.15) is 11.4 Å². The maximum Gasteiger partial charge on any atom is 0.407 e. The monoisotopic (exact) mass is 292 g/mol. The number of ether oxygens (including phenoxy) is 1. The zero-order valence-electron chi connectivity index (χ0n) is 12.8. The molecule has 0 aliphatic heterocycles. The van der Waals surface area contributed by atoms with Crippen LogP contribution in [0.4, 0.5) is 10.5 Å². The van der Waals surface area contributed by atoms with Gasteiger partial charge in [-0.15, -0.1) is 0 Å². The fourth-order valence-corrected chi connectivity index (χ4v) is 2.55. The van der Waals surface area contributed by atoms with Crippen molar-refractivity contribution in [2.24, 2.45) is 0 Å². The lowest BCUT2D eigenvalue weighted by Crippen LogP contribution is -2.38. The highest BCUT2D eigenvalue weighted by Crippen LogP contribution is 2.25. The second kappa shape index (κ2) is 6.24. The number of anilines is 1. The zero-order chi connectivity index (χ0) is 15.5. The summed E-state index contributed by atoms with van der Waals surface area (Å²) in [5, 5.41) is 15.7. The summed E-state index contributed by atoms with van der Waals surface area (Å²) in [6.45, 7) is 5.56. The average Bonchev–Trinajstić information content (AvgIpc) is 2.73. The van der Waals surface area contributed by atoms with Gasteiger partial charge in [0.05, 0.1) is 0 Å². The molecule has 116 valence electrons. The highest BCUT2D eigenvalue weighted by Gasteiger charge is 2.27. The summed E-state index contributed by atoms with van der Waals surface area (Å²) in [4.78, 5) is 11.7. The number of aromatic hydroxyl groups is 1. The van der Waals surface area contributed by atoms with Gasteiger partial charge in [0.15, 0.2) is 0 Å². The van der Waals surface area contributed by atoms with Crippen LogP contribution in [0.15, 0.2) is 24.3 Å². The number of nitrogens with one attached hydrogen (secondary N) is 2. The molecule has 0 spiro atoms. The van der Waals surface area contributed by atoms with Crippen molar-refractivity contribution in [1.29, 1.82) is 0 Å². The molecule has 1 aliphatic carbocycles. The minimum absolute atomic E-state index is 0.134. The molecule has 2 rings (SSSR count). The third kappa shape index (κ3) is 5.17. The van der Waals surface area contributed by atoms with Crippen molar-refractivity contribution < 1.29 is 14.6 Å². The molecule has 1 saturated carbocycles. The van der Waals surface area contributed by atoms with Gasteiger partial charge in [-0.25, -0.2) is 4.79 Å². The predicted octanol–water partition coefficient (Wildman–Crippen LogP) is 3.25. The predicted molar refractivity (Wildman–Crippen MR) is 82.5 cm³/mol. The van der Waals surface area contributed by atoms with Gasteiger partial charge in [-0.1, -0.05) is 6.07 Å². The Labute approximate surface area is 125 Å². The van der Waals surface area contributed by atoms with Gasteiger partial charge in [0.25, 0.3) is 0 Å². The minimum Gasteiger partial charge on any atom is -0.508 e. The number of rotatable bonds is 3. The van der Waals surface area contributed by atoms with Crippen LogP contribution in [0.3, 0.4) is 0 Å². The Kier molecular flexibility index (Phi) is 4.60. The summed E-state index contributed by atoms with van der Waals surface area (Å²) in [6.07, 6.45) is 2.41. The van der Waals surface area contributed by atoms with Crippen LogP contribution >= 0.6 is 0 Å². The van der Waals surface area contributed by atoms with Gasteiger partial charge in [-0.3, -0.25) is 0 Å². The molecular weight excluding hydrogens is 268 g/mol. The largest absolute Gasteiger partial charge is 0.508 e. The maximum atomic E-state index is 11.7. The Morgan fingerprint density at radius 2 is 2.00 bits per heavy atom. The number of benzene rings is 1. The van der Waals surface area contributed by atoms with Crippen LogP contribution < -0.4 is 10.6 Å². The summed E-state index contributed by atoms with van der Waals surface area (Å²) in [5.41, 5.74) is 0.431.